The molecule has 1 aromatic heterocycles. The van der Waals surface area contributed by atoms with Gasteiger partial charge in [0.25, 0.3) is 0 Å². The maximum atomic E-state index is 9.42. The number of aliphatic hydroxyl groups is 1. The van der Waals surface area contributed by atoms with Crippen molar-refractivity contribution in [3.05, 3.63) is 16.8 Å². The summed E-state index contributed by atoms with van der Waals surface area (Å²) in [6.07, 6.45) is 2.17. The van der Waals surface area contributed by atoms with Gasteiger partial charge in [-0.1, -0.05) is 27.7 Å². The maximum absolute atomic E-state index is 9.42. The van der Waals surface area contributed by atoms with Crippen molar-refractivity contribution in [2.45, 2.75) is 53.0 Å². The number of hydrogen-bond donors (Lipinski definition) is 2. The Bertz CT molecular complexity index is 479. The highest BCUT2D eigenvalue weighted by molar-refractivity contribution is 5.57. The average Bonchev–Trinajstić information content (AvgIpc) is 2.45. The zero-order valence-electron chi connectivity index (χ0n) is 12.8. The first-order chi connectivity index (χ1) is 9.58. The summed E-state index contributed by atoms with van der Waals surface area (Å²) in [6, 6.07) is 2.33. The molecule has 2 N–H and O–H groups in total. The monoisotopic (exact) mass is 276 g/mol. The minimum absolute atomic E-state index is 0.0820. The molecule has 0 aromatic carbocycles. The van der Waals surface area contributed by atoms with Gasteiger partial charge in [0.15, 0.2) is 5.82 Å². The fourth-order valence-electron chi connectivity index (χ4n) is 2.28. The minimum atomic E-state index is 0.0820. The van der Waals surface area contributed by atoms with Crippen molar-refractivity contribution in [1.29, 1.82) is 5.26 Å². The van der Waals surface area contributed by atoms with Crippen molar-refractivity contribution in [3.63, 3.8) is 0 Å². The Hall–Kier alpha value is -1.67. The van der Waals surface area contributed by atoms with Gasteiger partial charge in [-0.3, -0.25) is 0 Å². The van der Waals surface area contributed by atoms with Crippen LogP contribution in [0.25, 0.3) is 0 Å². The van der Waals surface area contributed by atoms with Crippen LogP contribution in [-0.4, -0.2) is 28.0 Å². The molecule has 0 amide bonds. The van der Waals surface area contributed by atoms with Gasteiger partial charge in [-0.15, -0.1) is 5.10 Å². The van der Waals surface area contributed by atoms with Crippen LogP contribution in [0.3, 0.4) is 0 Å². The van der Waals surface area contributed by atoms with Crippen molar-refractivity contribution in [2.24, 2.45) is 5.92 Å². The highest BCUT2D eigenvalue weighted by Crippen LogP contribution is 2.22. The number of aliphatic hydroxyl groups excluding tert-OH is 1. The molecular weight excluding hydrogens is 252 g/mol. The number of nitrogens with one attached hydrogen (secondary N) is 1. The Kier molecular flexibility index (Phi) is 6.40. The third kappa shape index (κ3) is 3.67. The van der Waals surface area contributed by atoms with Crippen molar-refractivity contribution in [3.8, 4) is 6.07 Å². The van der Waals surface area contributed by atoms with E-state index >= 15 is 0 Å². The van der Waals surface area contributed by atoms with Gasteiger partial charge >= 0.3 is 0 Å². The van der Waals surface area contributed by atoms with Crippen molar-refractivity contribution in [2.75, 3.05) is 11.9 Å². The summed E-state index contributed by atoms with van der Waals surface area (Å²) in [4.78, 5) is 0. The average molecular weight is 276 g/mol. The second-order valence-corrected chi connectivity index (χ2v) is 5.17. The number of nitriles is 1. The number of aromatic nitrogens is 2. The summed E-state index contributed by atoms with van der Waals surface area (Å²) < 4.78 is 0. The summed E-state index contributed by atoms with van der Waals surface area (Å²) in [5, 5.41) is 30.2. The molecule has 0 aliphatic carbocycles. The van der Waals surface area contributed by atoms with Gasteiger partial charge in [0.1, 0.15) is 11.6 Å². The smallest absolute Gasteiger partial charge is 0.167 e. The molecule has 0 fully saturated rings. The lowest BCUT2D eigenvalue weighted by molar-refractivity contribution is 0.267. The van der Waals surface area contributed by atoms with E-state index in [1.54, 1.807) is 0 Å². The second-order valence-electron chi connectivity index (χ2n) is 5.17. The molecule has 0 saturated heterocycles. The number of aryl methyl sites for hydroxylation is 1. The van der Waals surface area contributed by atoms with Crippen LogP contribution in [-0.2, 0) is 12.8 Å². The van der Waals surface area contributed by atoms with Gasteiger partial charge in [-0.2, -0.15) is 10.4 Å². The minimum Gasteiger partial charge on any atom is -0.396 e. The third-order valence-corrected chi connectivity index (χ3v) is 3.52. The van der Waals surface area contributed by atoms with Gasteiger partial charge in [0, 0.05) is 12.6 Å². The first kappa shape index (κ1) is 16.4. The maximum Gasteiger partial charge on any atom is 0.167 e. The fourth-order valence-corrected chi connectivity index (χ4v) is 2.28. The molecule has 0 aliphatic heterocycles. The number of nitrogens with zero attached hydrogens (tertiary/aromatic N) is 3. The Morgan fingerprint density at radius 1 is 1.25 bits per heavy atom. The lowest BCUT2D eigenvalue weighted by Crippen LogP contribution is -2.28. The van der Waals surface area contributed by atoms with Gasteiger partial charge in [0.2, 0.25) is 0 Å². The van der Waals surface area contributed by atoms with E-state index in [1.165, 1.54) is 0 Å². The topological polar surface area (TPSA) is 81.8 Å². The van der Waals surface area contributed by atoms with Crippen LogP contribution in [0.1, 0.15) is 50.9 Å². The molecule has 1 atom stereocenters. The number of rotatable bonds is 7. The molecule has 5 nitrogen and oxygen atoms in total. The molecule has 1 aromatic rings. The van der Waals surface area contributed by atoms with Crippen LogP contribution >= 0.6 is 0 Å². The van der Waals surface area contributed by atoms with E-state index in [-0.39, 0.29) is 12.6 Å². The molecule has 1 unspecified atom stereocenters. The Balaban J connectivity index is 3.15. The Morgan fingerprint density at radius 2 is 1.95 bits per heavy atom. The molecule has 0 saturated carbocycles. The Labute approximate surface area is 121 Å². The Morgan fingerprint density at radius 3 is 2.40 bits per heavy atom. The summed E-state index contributed by atoms with van der Waals surface area (Å²) in [6.45, 7) is 8.30. The summed E-state index contributed by atoms with van der Waals surface area (Å²) in [7, 11) is 0. The van der Waals surface area contributed by atoms with Crippen LogP contribution in [0.2, 0.25) is 0 Å². The second kappa shape index (κ2) is 7.81. The van der Waals surface area contributed by atoms with Crippen LogP contribution in [0.4, 0.5) is 5.82 Å². The zero-order chi connectivity index (χ0) is 15.1. The van der Waals surface area contributed by atoms with Crippen LogP contribution < -0.4 is 5.32 Å². The normalized spacial score (nSPS) is 12.2. The standard InChI is InChI=1S/C15H24N4O/c1-5-11-12(9-16)15(19-18-13(11)6-2)17-14(7-8-20)10(3)4/h10,14,20H,5-8H2,1-4H3,(H,17,19). The van der Waals surface area contributed by atoms with Crippen molar-refractivity contribution in [1.82, 2.24) is 10.2 Å². The van der Waals surface area contributed by atoms with Gasteiger partial charge in [-0.05, 0) is 30.7 Å². The van der Waals surface area contributed by atoms with Gasteiger partial charge in [-0.25, -0.2) is 0 Å². The summed E-state index contributed by atoms with van der Waals surface area (Å²) >= 11 is 0. The van der Waals surface area contributed by atoms with E-state index < -0.39 is 0 Å². The van der Waals surface area contributed by atoms with E-state index in [2.05, 4.69) is 35.4 Å². The predicted octanol–water partition coefficient (Wildman–Crippen LogP) is 2.29. The molecule has 20 heavy (non-hydrogen) atoms. The van der Waals surface area contributed by atoms with E-state index in [0.717, 1.165) is 24.1 Å². The van der Waals surface area contributed by atoms with E-state index in [1.807, 2.05) is 13.8 Å². The van der Waals surface area contributed by atoms with Crippen LogP contribution in [0.15, 0.2) is 0 Å². The highest BCUT2D eigenvalue weighted by atomic mass is 16.3. The van der Waals surface area contributed by atoms with E-state index in [9.17, 15) is 5.26 Å². The molecule has 1 heterocycles. The lowest BCUT2D eigenvalue weighted by atomic mass is 9.99. The van der Waals surface area contributed by atoms with Gasteiger partial charge < -0.3 is 10.4 Å². The fraction of sp³-hybridized carbons (Fsp3) is 0.667. The first-order valence-electron chi connectivity index (χ1n) is 7.24. The SMILES string of the molecule is CCc1nnc(NC(CCO)C(C)C)c(C#N)c1CC. The largest absolute Gasteiger partial charge is 0.396 e. The first-order valence-corrected chi connectivity index (χ1v) is 7.24. The molecule has 110 valence electrons. The van der Waals surface area contributed by atoms with Crippen LogP contribution in [0.5, 0.6) is 0 Å². The van der Waals surface area contributed by atoms with E-state index in [4.69, 9.17) is 5.11 Å². The molecule has 0 spiro atoms. The van der Waals surface area contributed by atoms with Crippen LogP contribution in [0, 0.1) is 17.2 Å². The molecular formula is C15H24N4O. The van der Waals surface area contributed by atoms with Crippen molar-refractivity contribution >= 4 is 5.82 Å². The summed E-state index contributed by atoms with van der Waals surface area (Å²) in [5.41, 5.74) is 2.44. The summed E-state index contributed by atoms with van der Waals surface area (Å²) in [5.74, 6) is 0.875. The molecule has 0 bridgehead atoms. The van der Waals surface area contributed by atoms with Gasteiger partial charge in [0.05, 0.1) is 5.69 Å². The molecule has 0 radical (unpaired) electrons. The number of hydrogen-bond acceptors (Lipinski definition) is 5. The predicted molar refractivity (Wildman–Crippen MR) is 79.5 cm³/mol. The van der Waals surface area contributed by atoms with Crippen molar-refractivity contribution < 1.29 is 5.11 Å². The molecule has 5 heteroatoms. The molecule has 0 aliphatic rings. The molecule has 1 rings (SSSR count). The lowest BCUT2D eigenvalue weighted by Gasteiger charge is -2.23. The highest BCUT2D eigenvalue weighted by Gasteiger charge is 2.19. The quantitative estimate of drug-likeness (QED) is 0.798. The van der Waals surface area contributed by atoms with E-state index in [0.29, 0.717) is 23.7 Å². The number of anilines is 1. The zero-order valence-corrected chi connectivity index (χ0v) is 12.8. The third-order valence-electron chi connectivity index (χ3n) is 3.52.